The average molecular weight is 312 g/mol. The van der Waals surface area contributed by atoms with Crippen LogP contribution < -0.4 is 10.6 Å². The third-order valence-electron chi connectivity index (χ3n) is 4.17. The second-order valence-electron chi connectivity index (χ2n) is 6.04. The molecule has 0 amide bonds. The lowest BCUT2D eigenvalue weighted by Gasteiger charge is -2.22. The summed E-state index contributed by atoms with van der Waals surface area (Å²) in [6.45, 7) is 3.06. The first-order valence-electron chi connectivity index (χ1n) is 7.93. The molecule has 0 radical (unpaired) electrons. The highest BCUT2D eigenvalue weighted by Crippen LogP contribution is 2.18. The van der Waals surface area contributed by atoms with Crippen molar-refractivity contribution in [3.05, 3.63) is 24.8 Å². The molecule has 4 heterocycles. The van der Waals surface area contributed by atoms with Crippen LogP contribution in [-0.2, 0) is 13.6 Å². The maximum Gasteiger partial charge on any atom is 0.229 e. The predicted molar refractivity (Wildman–Crippen MR) is 87.4 cm³/mol. The molecule has 23 heavy (non-hydrogen) atoms. The topological polar surface area (TPSA) is 85.5 Å². The van der Waals surface area contributed by atoms with E-state index in [1.165, 1.54) is 12.8 Å². The van der Waals surface area contributed by atoms with Gasteiger partial charge in [0, 0.05) is 26.0 Å². The molecule has 0 saturated carbocycles. The van der Waals surface area contributed by atoms with Crippen LogP contribution in [0.5, 0.6) is 0 Å². The Labute approximate surface area is 133 Å². The van der Waals surface area contributed by atoms with Crippen molar-refractivity contribution in [3.8, 4) is 0 Å². The molecule has 4 rings (SSSR count). The molecule has 1 aliphatic heterocycles. The number of nitrogens with zero attached hydrogens (tertiary/aromatic N) is 6. The maximum atomic E-state index is 4.63. The molecule has 0 aliphatic carbocycles. The summed E-state index contributed by atoms with van der Waals surface area (Å²) in [7, 11) is 1.88. The zero-order valence-corrected chi connectivity index (χ0v) is 13.1. The molecule has 2 N–H and O–H groups in total. The van der Waals surface area contributed by atoms with Gasteiger partial charge in [-0.15, -0.1) is 0 Å². The summed E-state index contributed by atoms with van der Waals surface area (Å²) in [6, 6.07) is 0. The smallest absolute Gasteiger partial charge is 0.229 e. The minimum absolute atomic E-state index is 0.564. The summed E-state index contributed by atoms with van der Waals surface area (Å²) in [6.07, 6.45) is 9.74. The Kier molecular flexibility index (Phi) is 3.66. The van der Waals surface area contributed by atoms with E-state index in [9.17, 15) is 0 Å². The molecule has 0 spiro atoms. The summed E-state index contributed by atoms with van der Waals surface area (Å²) >= 11 is 0. The van der Waals surface area contributed by atoms with Gasteiger partial charge in [-0.05, 0) is 31.8 Å². The average Bonchev–Trinajstić information content (AvgIpc) is 3.15. The van der Waals surface area contributed by atoms with Crippen molar-refractivity contribution >= 4 is 22.7 Å². The van der Waals surface area contributed by atoms with Gasteiger partial charge in [0.15, 0.2) is 5.65 Å². The Morgan fingerprint density at radius 1 is 1.30 bits per heavy atom. The van der Waals surface area contributed by atoms with Gasteiger partial charge >= 0.3 is 0 Å². The number of nitrogens with one attached hydrogen (secondary N) is 2. The van der Waals surface area contributed by atoms with Gasteiger partial charge in [0.25, 0.3) is 0 Å². The molecule has 0 aromatic carbocycles. The molecule has 1 fully saturated rings. The Hall–Kier alpha value is -2.48. The van der Waals surface area contributed by atoms with Gasteiger partial charge in [0.05, 0.1) is 23.5 Å². The fourth-order valence-electron chi connectivity index (χ4n) is 3.00. The summed E-state index contributed by atoms with van der Waals surface area (Å²) in [5.41, 5.74) is 1.74. The van der Waals surface area contributed by atoms with E-state index < -0.39 is 0 Å². The van der Waals surface area contributed by atoms with Crippen molar-refractivity contribution < 1.29 is 0 Å². The van der Waals surface area contributed by atoms with E-state index in [2.05, 4.69) is 30.8 Å². The molecular formula is C15H20N8. The van der Waals surface area contributed by atoms with Crippen molar-refractivity contribution in [1.82, 2.24) is 34.8 Å². The number of fused-ring (bicyclic) bond motifs is 1. The number of hydrogen-bond donors (Lipinski definition) is 2. The largest absolute Gasteiger partial charge is 0.321 e. The van der Waals surface area contributed by atoms with Crippen molar-refractivity contribution in [3.63, 3.8) is 0 Å². The van der Waals surface area contributed by atoms with Crippen LogP contribution in [0.25, 0.3) is 11.0 Å². The van der Waals surface area contributed by atoms with E-state index in [4.69, 9.17) is 0 Å². The Morgan fingerprint density at radius 3 is 3.04 bits per heavy atom. The second kappa shape index (κ2) is 5.96. The van der Waals surface area contributed by atoms with Crippen LogP contribution >= 0.6 is 0 Å². The third-order valence-corrected chi connectivity index (χ3v) is 4.17. The number of piperidine rings is 1. The van der Waals surface area contributed by atoms with Crippen LogP contribution in [0.1, 0.15) is 12.8 Å². The molecular weight excluding hydrogens is 292 g/mol. The van der Waals surface area contributed by atoms with Gasteiger partial charge in [0.1, 0.15) is 0 Å². The molecule has 120 valence electrons. The van der Waals surface area contributed by atoms with E-state index in [1.54, 1.807) is 10.9 Å². The van der Waals surface area contributed by atoms with Crippen molar-refractivity contribution in [2.75, 3.05) is 18.4 Å². The molecule has 1 atom stereocenters. The quantitative estimate of drug-likeness (QED) is 0.755. The maximum absolute atomic E-state index is 4.63. The number of aromatic nitrogens is 6. The first-order valence-corrected chi connectivity index (χ1v) is 7.93. The highest BCUT2D eigenvalue weighted by molar-refractivity contribution is 5.75. The Morgan fingerprint density at radius 2 is 2.26 bits per heavy atom. The first-order chi connectivity index (χ1) is 11.3. The van der Waals surface area contributed by atoms with Gasteiger partial charge in [-0.1, -0.05) is 0 Å². The van der Waals surface area contributed by atoms with Gasteiger partial charge in [-0.2, -0.15) is 15.2 Å². The van der Waals surface area contributed by atoms with Crippen molar-refractivity contribution in [2.45, 2.75) is 19.4 Å². The zero-order valence-electron chi connectivity index (χ0n) is 13.1. The number of hydrogen-bond acceptors (Lipinski definition) is 6. The third kappa shape index (κ3) is 3.02. The fourth-order valence-corrected chi connectivity index (χ4v) is 3.00. The van der Waals surface area contributed by atoms with E-state index in [-0.39, 0.29) is 0 Å². The van der Waals surface area contributed by atoms with E-state index >= 15 is 0 Å². The molecule has 3 aromatic heterocycles. The molecule has 8 nitrogen and oxygen atoms in total. The summed E-state index contributed by atoms with van der Waals surface area (Å²) < 4.78 is 3.73. The van der Waals surface area contributed by atoms with Crippen LogP contribution in [0.2, 0.25) is 0 Å². The lowest BCUT2D eigenvalue weighted by Crippen LogP contribution is -2.32. The van der Waals surface area contributed by atoms with E-state index in [1.807, 2.05) is 30.3 Å². The SMILES string of the molecule is Cn1cc(Nc2ncc3cnn(CC4CCCNC4)c3n2)cn1. The minimum atomic E-state index is 0.564. The van der Waals surface area contributed by atoms with Gasteiger partial charge < -0.3 is 10.6 Å². The highest BCUT2D eigenvalue weighted by atomic mass is 15.3. The van der Waals surface area contributed by atoms with Gasteiger partial charge in [-0.25, -0.2) is 9.67 Å². The second-order valence-corrected chi connectivity index (χ2v) is 6.04. The number of aryl methyl sites for hydroxylation is 1. The lowest BCUT2D eigenvalue weighted by molar-refractivity contribution is 0.328. The molecule has 1 saturated heterocycles. The Bertz CT molecular complexity index is 799. The standard InChI is InChI=1S/C15H20N8/c1-22-10-13(8-18-22)20-15-17-6-12-7-19-23(14(12)21-15)9-11-3-2-4-16-5-11/h6-8,10-11,16H,2-5,9H2,1H3,(H,17,20,21). The monoisotopic (exact) mass is 312 g/mol. The van der Waals surface area contributed by atoms with Gasteiger partial charge in [-0.3, -0.25) is 4.68 Å². The predicted octanol–water partition coefficient (Wildman–Crippen LogP) is 1.30. The van der Waals surface area contributed by atoms with E-state index in [0.717, 1.165) is 36.4 Å². The van der Waals surface area contributed by atoms with Crippen molar-refractivity contribution in [2.24, 2.45) is 13.0 Å². The first kappa shape index (κ1) is 14.1. The molecule has 8 heteroatoms. The number of anilines is 2. The van der Waals surface area contributed by atoms with Crippen LogP contribution in [0, 0.1) is 5.92 Å². The normalized spacial score (nSPS) is 18.4. The molecule has 1 aliphatic rings. The molecule has 1 unspecified atom stereocenters. The highest BCUT2D eigenvalue weighted by Gasteiger charge is 2.16. The fraction of sp³-hybridized carbons (Fsp3) is 0.467. The van der Waals surface area contributed by atoms with Crippen LogP contribution in [0.3, 0.4) is 0 Å². The number of rotatable bonds is 4. The molecule has 3 aromatic rings. The summed E-state index contributed by atoms with van der Waals surface area (Å²) in [5.74, 6) is 1.17. The van der Waals surface area contributed by atoms with E-state index in [0.29, 0.717) is 11.9 Å². The summed E-state index contributed by atoms with van der Waals surface area (Å²) in [4.78, 5) is 8.97. The minimum Gasteiger partial charge on any atom is -0.321 e. The lowest BCUT2D eigenvalue weighted by atomic mass is 10.00. The van der Waals surface area contributed by atoms with Gasteiger partial charge in [0.2, 0.25) is 5.95 Å². The summed E-state index contributed by atoms with van der Waals surface area (Å²) in [5, 5.41) is 16.2. The molecule has 0 bridgehead atoms. The Balaban J connectivity index is 1.57. The van der Waals surface area contributed by atoms with Crippen LogP contribution in [0.15, 0.2) is 24.8 Å². The van der Waals surface area contributed by atoms with Crippen LogP contribution in [0.4, 0.5) is 11.6 Å². The van der Waals surface area contributed by atoms with Crippen molar-refractivity contribution in [1.29, 1.82) is 0 Å². The van der Waals surface area contributed by atoms with Crippen LogP contribution in [-0.4, -0.2) is 42.6 Å². The zero-order chi connectivity index (χ0) is 15.6.